The fourth-order valence-corrected chi connectivity index (χ4v) is 6.39. The lowest BCUT2D eigenvalue weighted by Crippen LogP contribution is -2.36. The van der Waals surface area contributed by atoms with Crippen molar-refractivity contribution >= 4 is 40.6 Å². The lowest BCUT2D eigenvalue weighted by atomic mass is 10.1. The van der Waals surface area contributed by atoms with Crippen molar-refractivity contribution in [2.45, 2.75) is 49.8 Å². The van der Waals surface area contributed by atoms with Crippen molar-refractivity contribution in [2.75, 3.05) is 12.3 Å². The first-order valence-electron chi connectivity index (χ1n) is 10.4. The van der Waals surface area contributed by atoms with Crippen LogP contribution in [0.2, 0.25) is 5.02 Å². The van der Waals surface area contributed by atoms with Crippen LogP contribution in [0.15, 0.2) is 40.9 Å². The third-order valence-corrected chi connectivity index (χ3v) is 8.23. The van der Waals surface area contributed by atoms with Crippen molar-refractivity contribution < 1.29 is 4.79 Å². The van der Waals surface area contributed by atoms with E-state index in [0.717, 1.165) is 48.9 Å². The molecule has 1 aliphatic heterocycles. The van der Waals surface area contributed by atoms with Crippen LogP contribution in [-0.2, 0) is 17.8 Å². The number of fused-ring (bicyclic) bond motifs is 1. The number of amides is 1. The van der Waals surface area contributed by atoms with Gasteiger partial charge < -0.3 is 4.90 Å². The maximum atomic E-state index is 12.9. The number of hydrogen-bond acceptors (Lipinski definition) is 5. The summed E-state index contributed by atoms with van der Waals surface area (Å²) < 4.78 is 2.22. The zero-order valence-corrected chi connectivity index (χ0v) is 19.0. The van der Waals surface area contributed by atoms with Gasteiger partial charge in [-0.15, -0.1) is 21.5 Å². The van der Waals surface area contributed by atoms with Gasteiger partial charge in [0, 0.05) is 29.6 Å². The van der Waals surface area contributed by atoms with Crippen molar-refractivity contribution in [3.05, 3.63) is 51.2 Å². The molecule has 1 aliphatic carbocycles. The highest BCUT2D eigenvalue weighted by atomic mass is 35.5. The van der Waals surface area contributed by atoms with Gasteiger partial charge in [-0.25, -0.2) is 0 Å². The van der Waals surface area contributed by atoms with Crippen molar-refractivity contribution in [3.63, 3.8) is 0 Å². The zero-order chi connectivity index (χ0) is 20.5. The molecule has 5 rings (SSSR count). The molecule has 2 aromatic heterocycles. The van der Waals surface area contributed by atoms with E-state index in [0.29, 0.717) is 16.8 Å². The van der Waals surface area contributed by atoms with Gasteiger partial charge >= 0.3 is 0 Å². The minimum Gasteiger partial charge on any atom is -0.337 e. The van der Waals surface area contributed by atoms with E-state index in [1.165, 1.54) is 35.0 Å². The molecule has 3 aromatic rings. The number of aromatic nitrogens is 3. The molecule has 0 N–H and O–H groups in total. The first-order valence-corrected chi connectivity index (χ1v) is 12.6. The van der Waals surface area contributed by atoms with Crippen LogP contribution in [0.1, 0.15) is 42.2 Å². The highest BCUT2D eigenvalue weighted by Gasteiger charge is 2.27. The Labute approximate surface area is 189 Å². The summed E-state index contributed by atoms with van der Waals surface area (Å²) in [5.41, 5.74) is 2.19. The molecule has 2 aliphatic rings. The fourth-order valence-electron chi connectivity index (χ4n) is 4.37. The molecule has 0 bridgehead atoms. The van der Waals surface area contributed by atoms with Gasteiger partial charge in [-0.2, -0.15) is 0 Å². The number of benzene rings is 1. The first-order chi connectivity index (χ1) is 14.7. The Morgan fingerprint density at radius 3 is 2.87 bits per heavy atom. The normalized spacial score (nSPS) is 16.8. The molecule has 5 nitrogen and oxygen atoms in total. The van der Waals surface area contributed by atoms with Crippen LogP contribution in [-0.4, -0.2) is 37.9 Å². The fraction of sp³-hybridized carbons (Fsp3) is 0.409. The average molecular weight is 459 g/mol. The number of thioether (sulfide) groups is 1. The third-order valence-electron chi connectivity index (χ3n) is 5.95. The molecule has 0 radical (unpaired) electrons. The molecule has 1 fully saturated rings. The molecule has 1 aromatic carbocycles. The van der Waals surface area contributed by atoms with E-state index in [1.807, 2.05) is 29.2 Å². The minimum absolute atomic E-state index is 0.164. The van der Waals surface area contributed by atoms with Gasteiger partial charge in [0.25, 0.3) is 0 Å². The number of hydrogen-bond donors (Lipinski definition) is 0. The molecular formula is C22H23ClN4OS2. The highest BCUT2D eigenvalue weighted by Crippen LogP contribution is 2.38. The van der Waals surface area contributed by atoms with Crippen LogP contribution < -0.4 is 0 Å². The molecule has 3 heterocycles. The Morgan fingerprint density at radius 2 is 2.03 bits per heavy atom. The standard InChI is InChI=1S/C22H23ClN4OS2/c23-18-8-4-3-7-17(18)21-24-25-22(27(21)16-5-1-2-6-16)30-14-20(28)26-11-9-19-15(13-26)10-12-29-19/h3-4,7-8,10,12,16H,1-2,5-6,9,11,13-14H2. The summed E-state index contributed by atoms with van der Waals surface area (Å²) >= 11 is 9.75. The second-order valence-corrected chi connectivity index (χ2v) is 10.2. The van der Waals surface area contributed by atoms with Crippen LogP contribution in [0.5, 0.6) is 0 Å². The van der Waals surface area contributed by atoms with Crippen LogP contribution in [0.3, 0.4) is 0 Å². The SMILES string of the molecule is O=C(CSc1nnc(-c2ccccc2Cl)n1C1CCCC1)N1CCc2sccc2C1. The molecule has 8 heteroatoms. The van der Waals surface area contributed by atoms with E-state index in [4.69, 9.17) is 11.6 Å². The summed E-state index contributed by atoms with van der Waals surface area (Å²) in [6.07, 6.45) is 5.61. The predicted octanol–water partition coefficient (Wildman–Crippen LogP) is 5.45. The van der Waals surface area contributed by atoms with Crippen molar-refractivity contribution in [3.8, 4) is 11.4 Å². The molecule has 156 valence electrons. The van der Waals surface area contributed by atoms with Crippen molar-refractivity contribution in [2.24, 2.45) is 0 Å². The highest BCUT2D eigenvalue weighted by molar-refractivity contribution is 7.99. The van der Waals surface area contributed by atoms with Crippen molar-refractivity contribution in [1.29, 1.82) is 0 Å². The maximum Gasteiger partial charge on any atom is 0.233 e. The van der Waals surface area contributed by atoms with Crippen LogP contribution in [0.4, 0.5) is 0 Å². The molecule has 0 saturated heterocycles. The molecule has 1 saturated carbocycles. The lowest BCUT2D eigenvalue weighted by Gasteiger charge is -2.27. The molecule has 0 unspecified atom stereocenters. The average Bonchev–Trinajstić information content (AvgIpc) is 3.51. The Bertz CT molecular complexity index is 1060. The smallest absolute Gasteiger partial charge is 0.233 e. The second-order valence-electron chi connectivity index (χ2n) is 7.82. The number of rotatable bonds is 5. The van der Waals surface area contributed by atoms with E-state index < -0.39 is 0 Å². The summed E-state index contributed by atoms with van der Waals surface area (Å²) in [5, 5.41) is 12.6. The first kappa shape index (κ1) is 20.1. The number of nitrogens with zero attached hydrogens (tertiary/aromatic N) is 4. The van der Waals surface area contributed by atoms with Gasteiger partial charge in [0.15, 0.2) is 11.0 Å². The summed E-state index contributed by atoms with van der Waals surface area (Å²) in [4.78, 5) is 16.3. The summed E-state index contributed by atoms with van der Waals surface area (Å²) in [5.74, 6) is 1.35. The van der Waals surface area contributed by atoms with E-state index >= 15 is 0 Å². The van der Waals surface area contributed by atoms with E-state index in [-0.39, 0.29) is 5.91 Å². The zero-order valence-electron chi connectivity index (χ0n) is 16.6. The monoisotopic (exact) mass is 458 g/mol. The van der Waals surface area contributed by atoms with E-state index in [2.05, 4.69) is 26.2 Å². The Kier molecular flexibility index (Phi) is 5.85. The summed E-state index contributed by atoms with van der Waals surface area (Å²) in [6.45, 7) is 1.52. The molecule has 0 atom stereocenters. The molecule has 1 amide bonds. The largest absolute Gasteiger partial charge is 0.337 e. The number of halogens is 1. The Balaban J connectivity index is 1.36. The molecular weight excluding hydrogens is 436 g/mol. The van der Waals surface area contributed by atoms with E-state index in [9.17, 15) is 4.79 Å². The second kappa shape index (κ2) is 8.73. The third kappa shape index (κ3) is 3.90. The van der Waals surface area contributed by atoms with Gasteiger partial charge in [-0.05, 0) is 48.4 Å². The van der Waals surface area contributed by atoms with Gasteiger partial charge in [-0.1, -0.05) is 48.3 Å². The maximum absolute atomic E-state index is 12.9. The van der Waals surface area contributed by atoms with Crippen LogP contribution in [0.25, 0.3) is 11.4 Å². The number of thiophene rings is 1. The Morgan fingerprint density at radius 1 is 1.20 bits per heavy atom. The lowest BCUT2D eigenvalue weighted by molar-refractivity contribution is -0.129. The van der Waals surface area contributed by atoms with Crippen LogP contribution >= 0.6 is 34.7 Å². The summed E-state index contributed by atoms with van der Waals surface area (Å²) in [7, 11) is 0. The molecule has 0 spiro atoms. The number of carbonyl (C=O) groups excluding carboxylic acids is 1. The van der Waals surface area contributed by atoms with E-state index in [1.54, 1.807) is 11.3 Å². The van der Waals surface area contributed by atoms with Gasteiger partial charge in [0.2, 0.25) is 5.91 Å². The minimum atomic E-state index is 0.164. The van der Waals surface area contributed by atoms with Gasteiger partial charge in [0.1, 0.15) is 0 Å². The number of carbonyl (C=O) groups is 1. The Hall–Kier alpha value is -1.83. The molecule has 30 heavy (non-hydrogen) atoms. The van der Waals surface area contributed by atoms with Crippen LogP contribution in [0, 0.1) is 0 Å². The predicted molar refractivity (Wildman–Crippen MR) is 122 cm³/mol. The van der Waals surface area contributed by atoms with Gasteiger partial charge in [0.05, 0.1) is 10.8 Å². The quantitative estimate of drug-likeness (QED) is 0.477. The topological polar surface area (TPSA) is 51.0 Å². The van der Waals surface area contributed by atoms with Gasteiger partial charge in [-0.3, -0.25) is 9.36 Å². The van der Waals surface area contributed by atoms with Crippen molar-refractivity contribution in [1.82, 2.24) is 19.7 Å². The summed E-state index contributed by atoms with van der Waals surface area (Å²) in [6, 6.07) is 10.3.